The third kappa shape index (κ3) is 3.82. The number of pyridine rings is 1. The fourth-order valence-electron chi connectivity index (χ4n) is 5.36. The highest BCUT2D eigenvalue weighted by molar-refractivity contribution is 5.82. The molecule has 0 bridgehead atoms. The second-order valence-electron chi connectivity index (χ2n) is 9.34. The second-order valence-corrected chi connectivity index (χ2v) is 9.34. The topological polar surface area (TPSA) is 88.9 Å². The first-order chi connectivity index (χ1) is 16.7. The van der Waals surface area contributed by atoms with Gasteiger partial charge < -0.3 is 9.72 Å². The van der Waals surface area contributed by atoms with Gasteiger partial charge in [-0.15, -0.1) is 5.10 Å². The summed E-state index contributed by atoms with van der Waals surface area (Å²) in [5.74, 6) is 0.687. The number of ether oxygens (including phenoxy) is 1. The summed E-state index contributed by atoms with van der Waals surface area (Å²) in [5, 5.41) is 13.8. The molecular formula is C26H28N6O2. The molecule has 2 aromatic carbocycles. The smallest absolute Gasteiger partial charge is 0.253 e. The van der Waals surface area contributed by atoms with Crippen molar-refractivity contribution in [3.8, 4) is 0 Å². The van der Waals surface area contributed by atoms with Crippen molar-refractivity contribution in [3.05, 3.63) is 87.0 Å². The Labute approximate surface area is 197 Å². The second kappa shape index (κ2) is 8.77. The van der Waals surface area contributed by atoms with E-state index in [-0.39, 0.29) is 17.7 Å². The Kier molecular flexibility index (Phi) is 5.47. The lowest BCUT2D eigenvalue weighted by atomic mass is 9.95. The maximum atomic E-state index is 13.5. The molecule has 0 saturated carbocycles. The van der Waals surface area contributed by atoms with Crippen LogP contribution in [-0.2, 0) is 24.2 Å². The molecule has 2 aliphatic rings. The number of aryl methyl sites for hydroxylation is 1. The van der Waals surface area contributed by atoms with E-state index >= 15 is 0 Å². The van der Waals surface area contributed by atoms with Gasteiger partial charge in [0.05, 0.1) is 18.2 Å². The Morgan fingerprint density at radius 2 is 2.06 bits per heavy atom. The summed E-state index contributed by atoms with van der Waals surface area (Å²) in [6.45, 7) is 4.93. The molecule has 0 unspecified atom stereocenters. The van der Waals surface area contributed by atoms with Crippen LogP contribution in [0.1, 0.15) is 47.0 Å². The van der Waals surface area contributed by atoms with Gasteiger partial charge in [-0.1, -0.05) is 42.5 Å². The molecule has 8 heteroatoms. The number of hydrogen-bond donors (Lipinski definition) is 1. The zero-order valence-electron chi connectivity index (χ0n) is 19.3. The Hall–Kier alpha value is -3.36. The van der Waals surface area contributed by atoms with Gasteiger partial charge in [0.2, 0.25) is 0 Å². The van der Waals surface area contributed by atoms with Crippen LogP contribution in [0, 0.1) is 6.92 Å². The van der Waals surface area contributed by atoms with Crippen molar-refractivity contribution in [2.45, 2.75) is 51.4 Å². The van der Waals surface area contributed by atoms with E-state index in [1.165, 1.54) is 11.1 Å². The molecule has 4 heterocycles. The van der Waals surface area contributed by atoms with Crippen LogP contribution in [0.5, 0.6) is 0 Å². The monoisotopic (exact) mass is 456 g/mol. The summed E-state index contributed by atoms with van der Waals surface area (Å²) < 4.78 is 7.69. The highest BCUT2D eigenvalue weighted by Gasteiger charge is 2.33. The van der Waals surface area contributed by atoms with E-state index in [2.05, 4.69) is 49.7 Å². The minimum Gasteiger partial charge on any atom is -0.376 e. The fourth-order valence-corrected chi connectivity index (χ4v) is 5.36. The Bertz CT molecular complexity index is 1390. The summed E-state index contributed by atoms with van der Waals surface area (Å²) in [5.41, 5.74) is 5.13. The van der Waals surface area contributed by atoms with Crippen LogP contribution in [0.3, 0.4) is 0 Å². The number of para-hydroxylation sites is 1. The first kappa shape index (κ1) is 21.2. The Morgan fingerprint density at radius 3 is 2.91 bits per heavy atom. The van der Waals surface area contributed by atoms with Crippen LogP contribution in [0.15, 0.2) is 53.3 Å². The molecule has 4 aromatic rings. The van der Waals surface area contributed by atoms with Crippen LogP contribution < -0.4 is 5.56 Å². The number of aromatic nitrogens is 5. The molecule has 1 fully saturated rings. The maximum absolute atomic E-state index is 13.5. The van der Waals surface area contributed by atoms with Gasteiger partial charge in [-0.25, -0.2) is 4.68 Å². The van der Waals surface area contributed by atoms with Gasteiger partial charge in [-0.05, 0) is 64.8 Å². The van der Waals surface area contributed by atoms with Gasteiger partial charge >= 0.3 is 0 Å². The molecule has 34 heavy (non-hydrogen) atoms. The Balaban J connectivity index is 1.47. The number of hydrogen-bond acceptors (Lipinski definition) is 6. The number of nitrogens with zero attached hydrogens (tertiary/aromatic N) is 5. The molecule has 0 amide bonds. The van der Waals surface area contributed by atoms with Crippen molar-refractivity contribution in [3.63, 3.8) is 0 Å². The highest BCUT2D eigenvalue weighted by atomic mass is 16.5. The fraction of sp³-hybridized carbons (Fsp3) is 0.385. The van der Waals surface area contributed by atoms with Crippen LogP contribution in [0.25, 0.3) is 10.9 Å². The van der Waals surface area contributed by atoms with Gasteiger partial charge in [0.1, 0.15) is 6.04 Å². The predicted octanol–water partition coefficient (Wildman–Crippen LogP) is 3.15. The predicted molar refractivity (Wildman–Crippen MR) is 128 cm³/mol. The summed E-state index contributed by atoms with van der Waals surface area (Å²) in [6, 6.07) is 16.2. The first-order valence-electron chi connectivity index (χ1n) is 12.0. The molecule has 2 atom stereocenters. The van der Waals surface area contributed by atoms with Gasteiger partial charge in [0, 0.05) is 25.3 Å². The molecule has 0 aliphatic carbocycles. The van der Waals surface area contributed by atoms with Crippen LogP contribution >= 0.6 is 0 Å². The van der Waals surface area contributed by atoms with Gasteiger partial charge in [0.15, 0.2) is 5.82 Å². The molecule has 1 N–H and O–H groups in total. The zero-order valence-corrected chi connectivity index (χ0v) is 19.3. The summed E-state index contributed by atoms with van der Waals surface area (Å²) in [4.78, 5) is 18.9. The van der Waals surface area contributed by atoms with Crippen molar-refractivity contribution in [2.75, 3.05) is 13.2 Å². The first-order valence-corrected chi connectivity index (χ1v) is 12.0. The third-order valence-electron chi connectivity index (χ3n) is 7.14. The SMILES string of the molecule is Cc1cccc2cc([C@H](c3nnnn3C[C@H]3CCCO3)N3CCc4ccccc4C3)c(=O)[nH]c12. The lowest BCUT2D eigenvalue weighted by Gasteiger charge is -2.35. The van der Waals surface area contributed by atoms with E-state index in [0.717, 1.165) is 55.4 Å². The molecule has 8 nitrogen and oxygen atoms in total. The average Bonchev–Trinajstić information content (AvgIpc) is 3.53. The van der Waals surface area contributed by atoms with E-state index in [9.17, 15) is 4.79 Å². The lowest BCUT2D eigenvalue weighted by molar-refractivity contribution is 0.0904. The van der Waals surface area contributed by atoms with Gasteiger partial charge in [-0.3, -0.25) is 9.69 Å². The van der Waals surface area contributed by atoms with Gasteiger partial charge in [0.25, 0.3) is 5.56 Å². The normalized spacial score (nSPS) is 19.4. The molecule has 1 saturated heterocycles. The molecule has 2 aliphatic heterocycles. The zero-order chi connectivity index (χ0) is 23.1. The molecule has 2 aromatic heterocycles. The van der Waals surface area contributed by atoms with Crippen molar-refractivity contribution in [1.29, 1.82) is 0 Å². The van der Waals surface area contributed by atoms with E-state index in [4.69, 9.17) is 4.74 Å². The van der Waals surface area contributed by atoms with Crippen molar-refractivity contribution in [1.82, 2.24) is 30.1 Å². The molecular weight excluding hydrogens is 428 g/mol. The average molecular weight is 457 g/mol. The number of benzene rings is 2. The number of tetrazole rings is 1. The largest absolute Gasteiger partial charge is 0.376 e. The van der Waals surface area contributed by atoms with Crippen LogP contribution in [0.4, 0.5) is 0 Å². The minimum atomic E-state index is -0.363. The van der Waals surface area contributed by atoms with E-state index in [1.54, 1.807) is 0 Å². The Morgan fingerprint density at radius 1 is 1.18 bits per heavy atom. The third-order valence-corrected chi connectivity index (χ3v) is 7.14. The van der Waals surface area contributed by atoms with E-state index < -0.39 is 0 Å². The van der Waals surface area contributed by atoms with E-state index in [1.807, 2.05) is 35.9 Å². The quantitative estimate of drug-likeness (QED) is 0.496. The standard InChI is InChI=1S/C26H28N6O2/c1-17-6-4-9-19-14-22(26(33)27-23(17)19)24(31-12-11-18-7-2-3-8-20(18)15-31)25-28-29-30-32(25)16-21-10-5-13-34-21/h2-4,6-9,14,21,24H,5,10-13,15-16H2,1H3,(H,27,33)/t21-,24-/m1/s1. The minimum absolute atomic E-state index is 0.0996. The summed E-state index contributed by atoms with van der Waals surface area (Å²) in [7, 11) is 0. The molecule has 174 valence electrons. The molecule has 6 rings (SSSR count). The number of rotatable bonds is 5. The van der Waals surface area contributed by atoms with Crippen molar-refractivity contribution in [2.24, 2.45) is 0 Å². The number of fused-ring (bicyclic) bond motifs is 2. The van der Waals surface area contributed by atoms with Crippen molar-refractivity contribution >= 4 is 10.9 Å². The number of H-pyrrole nitrogens is 1. The van der Waals surface area contributed by atoms with E-state index in [0.29, 0.717) is 17.9 Å². The molecule has 0 radical (unpaired) electrons. The summed E-state index contributed by atoms with van der Waals surface area (Å²) >= 11 is 0. The van der Waals surface area contributed by atoms with Crippen LogP contribution in [0.2, 0.25) is 0 Å². The van der Waals surface area contributed by atoms with Gasteiger partial charge in [-0.2, -0.15) is 0 Å². The maximum Gasteiger partial charge on any atom is 0.253 e. The number of nitrogens with one attached hydrogen (secondary N) is 1. The lowest BCUT2D eigenvalue weighted by Crippen LogP contribution is -2.39. The highest BCUT2D eigenvalue weighted by Crippen LogP contribution is 2.32. The number of aromatic amines is 1. The molecule has 0 spiro atoms. The van der Waals surface area contributed by atoms with Crippen molar-refractivity contribution < 1.29 is 4.74 Å². The summed E-state index contributed by atoms with van der Waals surface area (Å²) in [6.07, 6.45) is 3.07. The van der Waals surface area contributed by atoms with Crippen LogP contribution in [-0.4, -0.2) is 49.3 Å².